The van der Waals surface area contributed by atoms with Crippen LogP contribution in [0.2, 0.25) is 0 Å². The van der Waals surface area contributed by atoms with Crippen molar-refractivity contribution in [1.82, 2.24) is 0 Å². The fourth-order valence-electron chi connectivity index (χ4n) is 3.23. The molecule has 2 aliphatic heterocycles. The number of aliphatic hydroxyl groups is 2. The second kappa shape index (κ2) is 4.55. The molecule has 1 saturated heterocycles. The lowest BCUT2D eigenvalue weighted by Gasteiger charge is -2.49. The predicted octanol–water partition coefficient (Wildman–Crippen LogP) is 0.697. The van der Waals surface area contributed by atoms with Crippen molar-refractivity contribution in [2.45, 2.75) is 30.7 Å². The normalized spacial score (nSPS) is 32.3. The number of aliphatic hydroxyl groups excluding tert-OH is 1. The molecule has 2 heterocycles. The van der Waals surface area contributed by atoms with Crippen molar-refractivity contribution in [2.75, 3.05) is 13.2 Å². The summed E-state index contributed by atoms with van der Waals surface area (Å²) in [6.45, 7) is 0.270. The topological polar surface area (TPSA) is 85.2 Å². The number of ether oxygens (including phenoxy) is 3. The molecule has 0 amide bonds. The van der Waals surface area contributed by atoms with Crippen LogP contribution in [0.15, 0.2) is 30.0 Å². The average Bonchev–Trinajstić information content (AvgIpc) is 2.47. The van der Waals surface area contributed by atoms with E-state index in [1.54, 1.807) is 6.07 Å². The first-order chi connectivity index (χ1) is 10.5. The molecule has 116 valence electrons. The summed E-state index contributed by atoms with van der Waals surface area (Å²) in [5.41, 5.74) is 0.0639. The zero-order valence-electron chi connectivity index (χ0n) is 11.9. The third-order valence-corrected chi connectivity index (χ3v) is 4.40. The molecular formula is C16H16O6. The number of hydrogen-bond donors (Lipinski definition) is 2. The van der Waals surface area contributed by atoms with Crippen LogP contribution < -0.4 is 9.47 Å². The van der Waals surface area contributed by atoms with E-state index in [-0.39, 0.29) is 19.6 Å². The fraction of sp³-hybridized carbons (Fsp3) is 0.438. The van der Waals surface area contributed by atoms with Gasteiger partial charge < -0.3 is 24.4 Å². The van der Waals surface area contributed by atoms with Crippen molar-refractivity contribution >= 4 is 5.78 Å². The highest BCUT2D eigenvalue weighted by Crippen LogP contribution is 2.49. The minimum atomic E-state index is -1.83. The van der Waals surface area contributed by atoms with Crippen molar-refractivity contribution in [3.63, 3.8) is 0 Å². The van der Waals surface area contributed by atoms with E-state index >= 15 is 0 Å². The van der Waals surface area contributed by atoms with Crippen LogP contribution in [0.25, 0.3) is 0 Å². The summed E-state index contributed by atoms with van der Waals surface area (Å²) < 4.78 is 17.2. The van der Waals surface area contributed by atoms with E-state index in [0.29, 0.717) is 30.1 Å². The maximum Gasteiger partial charge on any atom is 0.235 e. The summed E-state index contributed by atoms with van der Waals surface area (Å²) in [6, 6.07) is 5.43. The Labute approximate surface area is 126 Å². The number of hydrogen-bond acceptors (Lipinski definition) is 6. The SMILES string of the molecule is O=C1C=C2Oc3ccc(CCO)cc3OC23CCOC1(O)C3. The van der Waals surface area contributed by atoms with E-state index < -0.39 is 17.2 Å². The predicted molar refractivity (Wildman–Crippen MR) is 74.4 cm³/mol. The molecule has 6 nitrogen and oxygen atoms in total. The Balaban J connectivity index is 1.77. The highest BCUT2D eigenvalue weighted by atomic mass is 16.6. The van der Waals surface area contributed by atoms with Crippen LogP contribution in [0.5, 0.6) is 11.5 Å². The molecular weight excluding hydrogens is 288 g/mol. The molecule has 6 heteroatoms. The molecule has 3 aliphatic rings. The number of benzene rings is 1. The minimum absolute atomic E-state index is 0.0222. The molecule has 1 aliphatic carbocycles. The summed E-state index contributed by atoms with van der Waals surface area (Å²) in [4.78, 5) is 12.0. The lowest BCUT2D eigenvalue weighted by atomic mass is 9.79. The van der Waals surface area contributed by atoms with Gasteiger partial charge in [-0.3, -0.25) is 4.79 Å². The van der Waals surface area contributed by atoms with Crippen molar-refractivity contribution in [3.05, 3.63) is 35.6 Å². The standard InChI is InChI=1S/C16H16O6/c17-5-3-10-1-2-11-12(7-10)22-15-4-6-20-16(19,9-15)13(18)8-14(15)21-11/h1-2,7-8,17,19H,3-6,9H2. The van der Waals surface area contributed by atoms with Gasteiger partial charge in [0, 0.05) is 19.1 Å². The molecule has 1 fully saturated rings. The number of ketones is 1. The average molecular weight is 304 g/mol. The van der Waals surface area contributed by atoms with Crippen LogP contribution in [0.3, 0.4) is 0 Å². The molecule has 0 saturated carbocycles. The molecule has 0 radical (unpaired) electrons. The Morgan fingerprint density at radius 3 is 2.95 bits per heavy atom. The van der Waals surface area contributed by atoms with Gasteiger partial charge >= 0.3 is 0 Å². The molecule has 0 aromatic heterocycles. The van der Waals surface area contributed by atoms with Crippen LogP contribution in [0.4, 0.5) is 0 Å². The Bertz CT molecular complexity index is 681. The molecule has 2 bridgehead atoms. The van der Waals surface area contributed by atoms with Crippen LogP contribution in [0, 0.1) is 0 Å². The summed E-state index contributed by atoms with van der Waals surface area (Å²) in [7, 11) is 0. The van der Waals surface area contributed by atoms with Gasteiger partial charge in [0.15, 0.2) is 22.9 Å². The van der Waals surface area contributed by atoms with Gasteiger partial charge in [-0.25, -0.2) is 0 Å². The molecule has 1 spiro atoms. The molecule has 2 atom stereocenters. The maximum atomic E-state index is 12.0. The Kier molecular flexibility index (Phi) is 2.84. The van der Waals surface area contributed by atoms with E-state index in [4.69, 9.17) is 19.3 Å². The zero-order valence-corrected chi connectivity index (χ0v) is 11.9. The van der Waals surface area contributed by atoms with Crippen molar-refractivity contribution < 1.29 is 29.2 Å². The quantitative estimate of drug-likeness (QED) is 0.836. The van der Waals surface area contributed by atoms with Crippen molar-refractivity contribution in [2.24, 2.45) is 0 Å². The third kappa shape index (κ3) is 1.88. The Hall–Kier alpha value is -1.89. The van der Waals surface area contributed by atoms with E-state index in [0.717, 1.165) is 5.56 Å². The van der Waals surface area contributed by atoms with Gasteiger partial charge in [0.1, 0.15) is 0 Å². The van der Waals surface area contributed by atoms with E-state index in [9.17, 15) is 9.90 Å². The molecule has 22 heavy (non-hydrogen) atoms. The zero-order chi connectivity index (χ0) is 15.4. The van der Waals surface area contributed by atoms with Crippen LogP contribution in [-0.4, -0.2) is 40.6 Å². The summed E-state index contributed by atoms with van der Waals surface area (Å²) in [6.07, 6.45) is 2.32. The fourth-order valence-corrected chi connectivity index (χ4v) is 3.23. The summed E-state index contributed by atoms with van der Waals surface area (Å²) in [5.74, 6) is -0.828. The van der Waals surface area contributed by atoms with Crippen molar-refractivity contribution in [3.8, 4) is 11.5 Å². The Morgan fingerprint density at radius 2 is 2.14 bits per heavy atom. The lowest BCUT2D eigenvalue weighted by Crippen LogP contribution is -2.61. The monoisotopic (exact) mass is 304 g/mol. The van der Waals surface area contributed by atoms with Gasteiger partial charge in [0.05, 0.1) is 13.0 Å². The molecule has 1 aromatic carbocycles. The first-order valence-electron chi connectivity index (χ1n) is 7.28. The van der Waals surface area contributed by atoms with Crippen molar-refractivity contribution in [1.29, 1.82) is 0 Å². The summed E-state index contributed by atoms with van der Waals surface area (Å²) in [5, 5.41) is 19.4. The van der Waals surface area contributed by atoms with Gasteiger partial charge in [0.2, 0.25) is 11.6 Å². The molecule has 2 unspecified atom stereocenters. The first kappa shape index (κ1) is 13.8. The largest absolute Gasteiger partial charge is 0.475 e. The Morgan fingerprint density at radius 1 is 1.27 bits per heavy atom. The second-order valence-corrected chi connectivity index (χ2v) is 5.89. The third-order valence-electron chi connectivity index (χ3n) is 4.40. The lowest BCUT2D eigenvalue weighted by molar-refractivity contribution is -0.249. The van der Waals surface area contributed by atoms with E-state index in [1.807, 2.05) is 12.1 Å². The van der Waals surface area contributed by atoms with Crippen LogP contribution >= 0.6 is 0 Å². The summed E-state index contributed by atoms with van der Waals surface area (Å²) >= 11 is 0. The molecule has 1 aromatic rings. The van der Waals surface area contributed by atoms with Gasteiger partial charge in [-0.2, -0.15) is 0 Å². The highest BCUT2D eigenvalue weighted by Gasteiger charge is 2.58. The van der Waals surface area contributed by atoms with Gasteiger partial charge in [0.25, 0.3) is 0 Å². The van der Waals surface area contributed by atoms with Gasteiger partial charge in [-0.1, -0.05) is 6.07 Å². The number of fused-ring (bicyclic) bond motifs is 2. The van der Waals surface area contributed by atoms with Crippen LogP contribution in [-0.2, 0) is 16.0 Å². The minimum Gasteiger partial charge on any atom is -0.475 e. The van der Waals surface area contributed by atoms with E-state index in [1.165, 1.54) is 6.08 Å². The van der Waals surface area contributed by atoms with Gasteiger partial charge in [-0.15, -0.1) is 0 Å². The maximum absolute atomic E-state index is 12.0. The first-order valence-corrected chi connectivity index (χ1v) is 7.28. The molecule has 4 rings (SSSR count). The number of carbonyl (C=O) groups is 1. The smallest absolute Gasteiger partial charge is 0.235 e. The van der Waals surface area contributed by atoms with Gasteiger partial charge in [-0.05, 0) is 24.1 Å². The van der Waals surface area contributed by atoms with Crippen LogP contribution in [0.1, 0.15) is 18.4 Å². The number of carbonyl (C=O) groups excluding carboxylic acids is 1. The van der Waals surface area contributed by atoms with E-state index in [2.05, 4.69) is 0 Å². The molecule has 2 N–H and O–H groups in total. The number of rotatable bonds is 2. The second-order valence-electron chi connectivity index (χ2n) is 5.89. The highest BCUT2D eigenvalue weighted by molar-refractivity contribution is 5.98.